The predicted molar refractivity (Wildman–Crippen MR) is 35.4 cm³/mol. The molecule has 0 bridgehead atoms. The zero-order valence-corrected chi connectivity index (χ0v) is 5.79. The van der Waals surface area contributed by atoms with Gasteiger partial charge in [-0.3, -0.25) is 5.10 Å². The van der Waals surface area contributed by atoms with Crippen LogP contribution < -0.4 is 0 Å². The third kappa shape index (κ3) is 1.97. The first-order chi connectivity index (χ1) is 4.79. The lowest BCUT2D eigenvalue weighted by Gasteiger charge is -1.88. The smallest absolute Gasteiger partial charge is 0.130 e. The number of nitrogens with zero attached hydrogens (tertiary/aromatic N) is 2. The van der Waals surface area contributed by atoms with Crippen molar-refractivity contribution in [1.82, 2.24) is 15.4 Å². The van der Waals surface area contributed by atoms with Gasteiger partial charge in [0.1, 0.15) is 5.78 Å². The Kier molecular flexibility index (Phi) is 2.15. The van der Waals surface area contributed by atoms with Crippen LogP contribution in [-0.2, 0) is 11.2 Å². The molecule has 0 aromatic carbocycles. The molecule has 10 heavy (non-hydrogen) atoms. The van der Waals surface area contributed by atoms with Gasteiger partial charge in [0.05, 0.1) is 5.69 Å². The molecule has 0 aliphatic carbocycles. The molecule has 0 aliphatic rings. The zero-order chi connectivity index (χ0) is 7.40. The maximum atomic E-state index is 10.5. The Morgan fingerprint density at radius 3 is 3.10 bits per heavy atom. The van der Waals surface area contributed by atoms with Gasteiger partial charge in [-0.2, -0.15) is 0 Å². The van der Waals surface area contributed by atoms with E-state index < -0.39 is 0 Å². The summed E-state index contributed by atoms with van der Waals surface area (Å²) in [6.07, 6.45) is 2.93. The fraction of sp³-hybridized carbons (Fsp3) is 0.500. The number of nitrogens with one attached hydrogen (secondary N) is 1. The summed E-state index contributed by atoms with van der Waals surface area (Å²) in [5.41, 5.74) is 0.843. The van der Waals surface area contributed by atoms with Crippen molar-refractivity contribution in [2.45, 2.75) is 19.8 Å². The summed E-state index contributed by atoms with van der Waals surface area (Å²) in [6.45, 7) is 1.57. The topological polar surface area (TPSA) is 58.6 Å². The van der Waals surface area contributed by atoms with Crippen LogP contribution in [0, 0.1) is 0 Å². The molecule has 54 valence electrons. The van der Waals surface area contributed by atoms with Crippen LogP contribution in [0.25, 0.3) is 0 Å². The standard InChI is InChI=1S/C6H9N3O/c1-5(10)2-3-6-4-7-9-8-6/h4H,2-3H2,1H3,(H,7,8,9). The Morgan fingerprint density at radius 2 is 2.60 bits per heavy atom. The minimum absolute atomic E-state index is 0.183. The van der Waals surface area contributed by atoms with Crippen molar-refractivity contribution in [3.05, 3.63) is 11.9 Å². The maximum Gasteiger partial charge on any atom is 0.130 e. The van der Waals surface area contributed by atoms with E-state index in [2.05, 4.69) is 15.4 Å². The second kappa shape index (κ2) is 3.10. The number of rotatable bonds is 3. The van der Waals surface area contributed by atoms with Crippen LogP contribution in [0.15, 0.2) is 6.20 Å². The average molecular weight is 139 g/mol. The molecule has 1 aromatic rings. The molecular formula is C6H9N3O. The third-order valence-electron chi connectivity index (χ3n) is 1.20. The van der Waals surface area contributed by atoms with Crippen molar-refractivity contribution in [2.24, 2.45) is 0 Å². The van der Waals surface area contributed by atoms with Crippen molar-refractivity contribution in [1.29, 1.82) is 0 Å². The van der Waals surface area contributed by atoms with E-state index >= 15 is 0 Å². The second-order valence-electron chi connectivity index (χ2n) is 2.17. The van der Waals surface area contributed by atoms with E-state index in [1.807, 2.05) is 0 Å². The first kappa shape index (κ1) is 6.92. The van der Waals surface area contributed by atoms with Crippen molar-refractivity contribution < 1.29 is 4.79 Å². The maximum absolute atomic E-state index is 10.5. The molecule has 1 N–H and O–H groups in total. The molecule has 0 aliphatic heterocycles. The number of carbonyl (C=O) groups is 1. The van der Waals surface area contributed by atoms with Crippen LogP contribution in [0.2, 0.25) is 0 Å². The number of carbonyl (C=O) groups excluding carboxylic acids is 1. The lowest BCUT2D eigenvalue weighted by molar-refractivity contribution is -0.116. The number of hydrogen-bond acceptors (Lipinski definition) is 3. The number of hydrogen-bond donors (Lipinski definition) is 1. The van der Waals surface area contributed by atoms with E-state index in [1.165, 1.54) is 0 Å². The van der Waals surface area contributed by atoms with Crippen molar-refractivity contribution in [3.63, 3.8) is 0 Å². The molecule has 0 amide bonds. The van der Waals surface area contributed by atoms with Gasteiger partial charge in [-0.25, -0.2) is 0 Å². The number of ketones is 1. The van der Waals surface area contributed by atoms with E-state index in [-0.39, 0.29) is 5.78 Å². The number of Topliss-reactive ketones (excluding diaryl/α,β-unsaturated/α-hetero) is 1. The lowest BCUT2D eigenvalue weighted by Crippen LogP contribution is -1.93. The fourth-order valence-electron chi connectivity index (χ4n) is 0.652. The molecular weight excluding hydrogens is 130 g/mol. The molecule has 0 unspecified atom stereocenters. The molecule has 1 heterocycles. The normalized spacial score (nSPS) is 9.70. The minimum atomic E-state index is 0.183. The van der Waals surface area contributed by atoms with Gasteiger partial charge in [-0.1, -0.05) is 5.21 Å². The van der Waals surface area contributed by atoms with Crippen molar-refractivity contribution in [2.75, 3.05) is 0 Å². The predicted octanol–water partition coefficient (Wildman–Crippen LogP) is 0.326. The van der Waals surface area contributed by atoms with Crippen LogP contribution in [0.3, 0.4) is 0 Å². The first-order valence-electron chi connectivity index (χ1n) is 3.14. The molecule has 0 fully saturated rings. The molecule has 1 aromatic heterocycles. The van der Waals surface area contributed by atoms with Crippen molar-refractivity contribution >= 4 is 5.78 Å². The van der Waals surface area contributed by atoms with Gasteiger partial charge < -0.3 is 4.79 Å². The van der Waals surface area contributed by atoms with Gasteiger partial charge in [-0.05, 0) is 13.3 Å². The minimum Gasteiger partial charge on any atom is -0.300 e. The van der Waals surface area contributed by atoms with Crippen LogP contribution in [-0.4, -0.2) is 21.2 Å². The lowest BCUT2D eigenvalue weighted by atomic mass is 10.2. The van der Waals surface area contributed by atoms with E-state index in [4.69, 9.17) is 0 Å². The number of aromatic nitrogens is 3. The quantitative estimate of drug-likeness (QED) is 0.656. The van der Waals surface area contributed by atoms with E-state index in [0.29, 0.717) is 12.8 Å². The van der Waals surface area contributed by atoms with Crippen LogP contribution in [0.5, 0.6) is 0 Å². The Balaban J connectivity index is 2.35. The highest BCUT2D eigenvalue weighted by Gasteiger charge is 1.97. The molecule has 0 radical (unpaired) electrons. The van der Waals surface area contributed by atoms with E-state index in [1.54, 1.807) is 13.1 Å². The summed E-state index contributed by atoms with van der Waals surface area (Å²) in [6, 6.07) is 0. The van der Waals surface area contributed by atoms with Gasteiger partial charge in [0.25, 0.3) is 0 Å². The molecule has 4 nitrogen and oxygen atoms in total. The molecule has 0 saturated carbocycles. The van der Waals surface area contributed by atoms with E-state index in [0.717, 1.165) is 5.69 Å². The van der Waals surface area contributed by atoms with Gasteiger partial charge in [0.15, 0.2) is 0 Å². The molecule has 0 atom stereocenters. The van der Waals surface area contributed by atoms with E-state index in [9.17, 15) is 4.79 Å². The van der Waals surface area contributed by atoms with Gasteiger partial charge in [0, 0.05) is 12.6 Å². The Morgan fingerprint density at radius 1 is 1.80 bits per heavy atom. The average Bonchev–Trinajstić information content (AvgIpc) is 2.34. The van der Waals surface area contributed by atoms with Crippen LogP contribution in [0.1, 0.15) is 19.0 Å². The largest absolute Gasteiger partial charge is 0.300 e. The summed E-state index contributed by atoms with van der Waals surface area (Å²) in [5, 5.41) is 9.83. The van der Waals surface area contributed by atoms with Gasteiger partial charge in [0.2, 0.25) is 0 Å². The third-order valence-corrected chi connectivity index (χ3v) is 1.20. The molecule has 0 spiro atoms. The highest BCUT2D eigenvalue weighted by atomic mass is 16.1. The summed E-state index contributed by atoms with van der Waals surface area (Å²) in [7, 11) is 0. The molecule has 0 saturated heterocycles. The number of aromatic amines is 1. The summed E-state index contributed by atoms with van der Waals surface area (Å²) >= 11 is 0. The fourth-order valence-corrected chi connectivity index (χ4v) is 0.652. The van der Waals surface area contributed by atoms with Crippen LogP contribution >= 0.6 is 0 Å². The Labute approximate surface area is 58.6 Å². The highest BCUT2D eigenvalue weighted by molar-refractivity contribution is 5.75. The zero-order valence-electron chi connectivity index (χ0n) is 5.79. The van der Waals surface area contributed by atoms with Gasteiger partial charge in [-0.15, -0.1) is 5.10 Å². The molecule has 4 heteroatoms. The Hall–Kier alpha value is -1.19. The SMILES string of the molecule is CC(=O)CCc1c[nH]nn1. The van der Waals surface area contributed by atoms with Crippen molar-refractivity contribution in [3.8, 4) is 0 Å². The Bertz CT molecular complexity index is 205. The summed E-state index contributed by atoms with van der Waals surface area (Å²) in [5.74, 6) is 0.183. The first-order valence-corrected chi connectivity index (χ1v) is 3.14. The highest BCUT2D eigenvalue weighted by Crippen LogP contribution is 1.94. The number of aryl methyl sites for hydroxylation is 1. The summed E-state index contributed by atoms with van der Waals surface area (Å²) in [4.78, 5) is 10.5. The summed E-state index contributed by atoms with van der Waals surface area (Å²) < 4.78 is 0. The second-order valence-corrected chi connectivity index (χ2v) is 2.17. The van der Waals surface area contributed by atoms with Gasteiger partial charge >= 0.3 is 0 Å². The van der Waals surface area contributed by atoms with Crippen LogP contribution in [0.4, 0.5) is 0 Å². The molecule has 1 rings (SSSR count). The number of H-pyrrole nitrogens is 1. The monoisotopic (exact) mass is 139 g/mol.